The third-order valence-corrected chi connectivity index (χ3v) is 4.99. The molecule has 0 saturated carbocycles. The monoisotopic (exact) mass is 334 g/mol. The summed E-state index contributed by atoms with van der Waals surface area (Å²) in [6.45, 7) is 6.85. The summed E-state index contributed by atoms with van der Waals surface area (Å²) < 4.78 is 15.7. The topological polar surface area (TPSA) is 17.8 Å². The van der Waals surface area contributed by atoms with Crippen LogP contribution in [-0.4, -0.2) is 20.6 Å². The maximum absolute atomic E-state index is 13.7. The first-order chi connectivity index (χ1) is 9.25. The second-order valence-corrected chi connectivity index (χ2v) is 7.97. The Balaban J connectivity index is 2.65. The van der Waals surface area contributed by atoms with Gasteiger partial charge >= 0.3 is 0 Å². The van der Waals surface area contributed by atoms with E-state index in [1.165, 1.54) is 6.07 Å². The molecule has 0 radical (unpaired) electrons. The molecule has 20 heavy (non-hydrogen) atoms. The van der Waals surface area contributed by atoms with Gasteiger partial charge < -0.3 is 4.57 Å². The van der Waals surface area contributed by atoms with Crippen LogP contribution in [-0.2, 0) is 6.54 Å². The van der Waals surface area contributed by atoms with Crippen LogP contribution in [0, 0.1) is 5.82 Å². The summed E-state index contributed by atoms with van der Waals surface area (Å²) in [4.78, 5) is 4.50. The van der Waals surface area contributed by atoms with Crippen molar-refractivity contribution in [1.82, 2.24) is 9.55 Å². The molecule has 1 unspecified atom stereocenters. The van der Waals surface area contributed by atoms with Crippen molar-refractivity contribution in [1.29, 1.82) is 0 Å². The Morgan fingerprint density at radius 3 is 2.65 bits per heavy atom. The maximum atomic E-state index is 13.7. The molecule has 0 aliphatic heterocycles. The fraction of sp³-hybridized carbons (Fsp3) is 0.500. The van der Waals surface area contributed by atoms with Gasteiger partial charge in [0.2, 0.25) is 0 Å². The normalized spacial score (nSPS) is 13.9. The minimum absolute atomic E-state index is 0.00424. The smallest absolute Gasteiger partial charge is 0.144 e. The lowest BCUT2D eigenvalue weighted by Gasteiger charge is -2.24. The first-order valence-corrected chi connectivity index (χ1v) is 8.33. The molecule has 0 N–H and O–H groups in total. The highest BCUT2D eigenvalue weighted by Crippen LogP contribution is 2.32. The summed E-state index contributed by atoms with van der Waals surface area (Å²) in [6, 6.07) is 2.99. The highest BCUT2D eigenvalue weighted by atomic mass is 35.5. The van der Waals surface area contributed by atoms with Gasteiger partial charge in [-0.05, 0) is 33.1 Å². The van der Waals surface area contributed by atoms with Crippen LogP contribution in [0.1, 0.15) is 32.0 Å². The van der Waals surface area contributed by atoms with E-state index in [1.54, 1.807) is 17.8 Å². The number of thioether (sulfide) groups is 1. The summed E-state index contributed by atoms with van der Waals surface area (Å²) in [7, 11) is 0. The average molecular weight is 335 g/mol. The molecular weight excluding hydrogens is 318 g/mol. The number of rotatable bonds is 4. The number of halogens is 3. The molecule has 0 saturated heterocycles. The fourth-order valence-electron chi connectivity index (χ4n) is 2.05. The zero-order chi connectivity index (χ0) is 15.1. The molecule has 0 aliphatic rings. The SMILES string of the molecule is CSC(C)(C)Cn1c(C(C)Cl)nc2cc(Cl)c(F)cc21. The minimum atomic E-state index is -0.434. The second-order valence-electron chi connectivity index (χ2n) is 5.39. The standard InChI is InChI=1S/C14H17Cl2FN2S/c1-8(15)13-18-11-5-9(16)10(17)6-12(11)19(13)7-14(2,3)20-4/h5-6,8H,7H2,1-4H3. The van der Waals surface area contributed by atoms with Crippen molar-refractivity contribution in [3.05, 3.63) is 28.8 Å². The van der Waals surface area contributed by atoms with E-state index in [9.17, 15) is 4.39 Å². The number of benzene rings is 1. The Bertz CT molecular complexity index is 638. The molecule has 0 fully saturated rings. The lowest BCUT2D eigenvalue weighted by molar-refractivity contribution is 0.557. The number of nitrogens with zero attached hydrogens (tertiary/aromatic N) is 2. The van der Waals surface area contributed by atoms with Crippen molar-refractivity contribution in [3.63, 3.8) is 0 Å². The first-order valence-electron chi connectivity index (χ1n) is 6.29. The van der Waals surface area contributed by atoms with Gasteiger partial charge in [0.1, 0.15) is 11.6 Å². The molecule has 2 aromatic rings. The molecule has 110 valence electrons. The lowest BCUT2D eigenvalue weighted by atomic mass is 10.2. The number of fused-ring (bicyclic) bond motifs is 1. The largest absolute Gasteiger partial charge is 0.325 e. The summed E-state index contributed by atoms with van der Waals surface area (Å²) in [5.41, 5.74) is 1.41. The van der Waals surface area contributed by atoms with E-state index in [1.807, 2.05) is 11.5 Å². The highest BCUT2D eigenvalue weighted by molar-refractivity contribution is 7.99. The van der Waals surface area contributed by atoms with Gasteiger partial charge in [-0.3, -0.25) is 0 Å². The summed E-state index contributed by atoms with van der Waals surface area (Å²) in [5, 5.41) is -0.165. The van der Waals surface area contributed by atoms with Crippen LogP contribution < -0.4 is 0 Å². The van der Waals surface area contributed by atoms with Gasteiger partial charge in [-0.2, -0.15) is 11.8 Å². The molecule has 0 aliphatic carbocycles. The van der Waals surface area contributed by atoms with Crippen LogP contribution in [0.3, 0.4) is 0 Å². The van der Waals surface area contributed by atoms with Gasteiger partial charge in [0.15, 0.2) is 0 Å². The summed E-state index contributed by atoms with van der Waals surface area (Å²) in [5.74, 6) is 0.307. The number of hydrogen-bond acceptors (Lipinski definition) is 2. The molecule has 2 nitrogen and oxygen atoms in total. The summed E-state index contributed by atoms with van der Waals surface area (Å²) in [6.07, 6.45) is 2.06. The highest BCUT2D eigenvalue weighted by Gasteiger charge is 2.23. The Morgan fingerprint density at radius 2 is 2.10 bits per heavy atom. The van der Waals surface area contributed by atoms with E-state index in [2.05, 4.69) is 25.1 Å². The van der Waals surface area contributed by atoms with E-state index in [4.69, 9.17) is 23.2 Å². The molecule has 1 atom stereocenters. The number of aromatic nitrogens is 2. The van der Waals surface area contributed by atoms with E-state index >= 15 is 0 Å². The van der Waals surface area contributed by atoms with Crippen LogP contribution in [0.2, 0.25) is 5.02 Å². The Hall–Kier alpha value is -0.450. The van der Waals surface area contributed by atoms with Gasteiger partial charge in [0.05, 0.1) is 21.4 Å². The predicted molar refractivity (Wildman–Crippen MR) is 86.6 cm³/mol. The molecule has 1 aromatic carbocycles. The van der Waals surface area contributed by atoms with Crippen LogP contribution in [0.15, 0.2) is 12.1 Å². The zero-order valence-electron chi connectivity index (χ0n) is 11.9. The molecule has 2 rings (SSSR count). The van der Waals surface area contributed by atoms with Crippen molar-refractivity contribution >= 4 is 46.0 Å². The quantitative estimate of drug-likeness (QED) is 0.708. The lowest BCUT2D eigenvalue weighted by Crippen LogP contribution is -2.24. The van der Waals surface area contributed by atoms with E-state index in [0.717, 1.165) is 11.3 Å². The van der Waals surface area contributed by atoms with Crippen molar-refractivity contribution < 1.29 is 4.39 Å². The van der Waals surface area contributed by atoms with Gasteiger partial charge in [0.25, 0.3) is 0 Å². The fourth-order valence-corrected chi connectivity index (χ4v) is 2.64. The van der Waals surface area contributed by atoms with Crippen LogP contribution in [0.4, 0.5) is 4.39 Å². The van der Waals surface area contributed by atoms with Crippen LogP contribution in [0.25, 0.3) is 11.0 Å². The molecule has 0 spiro atoms. The first kappa shape index (κ1) is 15.9. The van der Waals surface area contributed by atoms with E-state index in [-0.39, 0.29) is 15.1 Å². The molecule has 0 amide bonds. The third-order valence-electron chi connectivity index (χ3n) is 3.27. The number of alkyl halides is 1. The van der Waals surface area contributed by atoms with Crippen molar-refractivity contribution in [2.75, 3.05) is 6.26 Å². The Morgan fingerprint density at radius 1 is 1.45 bits per heavy atom. The predicted octanol–water partition coefficient (Wildman–Crippen LogP) is 5.27. The zero-order valence-corrected chi connectivity index (χ0v) is 14.2. The van der Waals surface area contributed by atoms with Crippen molar-refractivity contribution in [2.24, 2.45) is 0 Å². The second kappa shape index (κ2) is 5.74. The van der Waals surface area contributed by atoms with Gasteiger partial charge in [-0.1, -0.05) is 11.6 Å². The van der Waals surface area contributed by atoms with Gasteiger partial charge in [-0.25, -0.2) is 9.37 Å². The van der Waals surface area contributed by atoms with E-state index in [0.29, 0.717) is 12.1 Å². The number of hydrogen-bond donors (Lipinski definition) is 0. The van der Waals surface area contributed by atoms with E-state index < -0.39 is 5.82 Å². The van der Waals surface area contributed by atoms with Crippen molar-refractivity contribution in [3.8, 4) is 0 Å². The molecule has 6 heteroatoms. The molecular formula is C14H17Cl2FN2S. The minimum Gasteiger partial charge on any atom is -0.325 e. The number of imidazole rings is 1. The Kier molecular flexibility index (Phi) is 4.57. The third kappa shape index (κ3) is 3.07. The van der Waals surface area contributed by atoms with Crippen LogP contribution in [0.5, 0.6) is 0 Å². The van der Waals surface area contributed by atoms with Gasteiger partial charge in [-0.15, -0.1) is 11.6 Å². The molecule has 0 bridgehead atoms. The Labute approximate surface area is 132 Å². The summed E-state index contributed by atoms with van der Waals surface area (Å²) >= 11 is 13.8. The van der Waals surface area contributed by atoms with Gasteiger partial charge in [0, 0.05) is 17.4 Å². The van der Waals surface area contributed by atoms with Crippen LogP contribution >= 0.6 is 35.0 Å². The molecule has 1 aromatic heterocycles. The maximum Gasteiger partial charge on any atom is 0.144 e. The van der Waals surface area contributed by atoms with Crippen molar-refractivity contribution in [2.45, 2.75) is 37.4 Å². The molecule has 1 heterocycles. The average Bonchev–Trinajstić information content (AvgIpc) is 2.68.